The molecule has 0 spiro atoms. The molecule has 114 valence electrons. The number of aliphatic carboxylic acids is 1. The molecule has 1 aromatic heterocycles. The van der Waals surface area contributed by atoms with E-state index in [4.69, 9.17) is 16.7 Å². The highest BCUT2D eigenvalue weighted by atomic mass is 35.5. The fourth-order valence-electron chi connectivity index (χ4n) is 2.29. The zero-order valence-electron chi connectivity index (χ0n) is 12.3. The highest BCUT2D eigenvalue weighted by molar-refractivity contribution is 7.99. The molecule has 1 aromatic carbocycles. The van der Waals surface area contributed by atoms with Gasteiger partial charge in [0.1, 0.15) is 0 Å². The summed E-state index contributed by atoms with van der Waals surface area (Å²) >= 11 is 7.58. The average Bonchev–Trinajstić information content (AvgIpc) is 2.83. The molecular formula is C15H19ClN2O2S. The number of halogens is 1. The lowest BCUT2D eigenvalue weighted by Crippen LogP contribution is -2.15. The molecule has 0 saturated heterocycles. The average molecular weight is 327 g/mol. The first kappa shape index (κ1) is 16.2. The number of benzene rings is 1. The highest BCUT2D eigenvalue weighted by Crippen LogP contribution is 2.35. The molecule has 2 unspecified atom stereocenters. The first-order valence-electron chi connectivity index (χ1n) is 6.96. The highest BCUT2D eigenvalue weighted by Gasteiger charge is 2.22. The smallest absolute Gasteiger partial charge is 0.313 e. The number of rotatable bonds is 6. The molecule has 1 N–H and O–H groups in total. The van der Waals surface area contributed by atoms with Gasteiger partial charge in [-0.05, 0) is 25.0 Å². The van der Waals surface area contributed by atoms with Crippen molar-refractivity contribution in [1.29, 1.82) is 0 Å². The molecule has 21 heavy (non-hydrogen) atoms. The van der Waals surface area contributed by atoms with Crippen molar-refractivity contribution < 1.29 is 9.90 Å². The number of para-hydroxylation sites is 1. The summed E-state index contributed by atoms with van der Waals surface area (Å²) in [5, 5.41) is 10.3. The van der Waals surface area contributed by atoms with E-state index in [1.807, 2.05) is 18.2 Å². The fraction of sp³-hybridized carbons (Fsp3) is 0.467. The van der Waals surface area contributed by atoms with Crippen LogP contribution in [-0.4, -0.2) is 26.4 Å². The molecule has 2 aromatic rings. The van der Waals surface area contributed by atoms with E-state index >= 15 is 0 Å². The molecule has 6 heteroatoms. The Balaban J connectivity index is 2.56. The Morgan fingerprint density at radius 1 is 1.48 bits per heavy atom. The molecular weight excluding hydrogens is 308 g/mol. The van der Waals surface area contributed by atoms with Crippen LogP contribution in [0.25, 0.3) is 11.0 Å². The Labute approximate surface area is 133 Å². The SMILES string of the molecule is CCC(C)C(C)n1c(SCC(=O)O)nc2cccc(Cl)c21. The minimum atomic E-state index is -0.846. The summed E-state index contributed by atoms with van der Waals surface area (Å²) in [5.74, 6) is -0.405. The predicted molar refractivity (Wildman–Crippen MR) is 87.3 cm³/mol. The van der Waals surface area contributed by atoms with Gasteiger partial charge in [-0.1, -0.05) is 49.7 Å². The van der Waals surface area contributed by atoms with Crippen molar-refractivity contribution in [2.24, 2.45) is 5.92 Å². The standard InChI is InChI=1S/C15H19ClN2O2S/c1-4-9(2)10(3)18-14-11(16)6-5-7-12(14)17-15(18)21-8-13(19)20/h5-7,9-10H,4,8H2,1-3H3,(H,19,20). The van der Waals surface area contributed by atoms with E-state index in [0.717, 1.165) is 17.5 Å². The van der Waals surface area contributed by atoms with Crippen LogP contribution in [0.5, 0.6) is 0 Å². The van der Waals surface area contributed by atoms with Crippen LogP contribution in [0.2, 0.25) is 5.02 Å². The van der Waals surface area contributed by atoms with E-state index in [-0.39, 0.29) is 11.8 Å². The lowest BCUT2D eigenvalue weighted by molar-refractivity contribution is -0.133. The van der Waals surface area contributed by atoms with Crippen molar-refractivity contribution in [3.05, 3.63) is 23.2 Å². The van der Waals surface area contributed by atoms with Gasteiger partial charge in [0.2, 0.25) is 0 Å². The minimum Gasteiger partial charge on any atom is -0.481 e. The Hall–Kier alpha value is -1.20. The third-order valence-electron chi connectivity index (χ3n) is 3.83. The number of carboxylic acids is 1. The first-order chi connectivity index (χ1) is 9.95. The lowest BCUT2D eigenvalue weighted by atomic mass is 10.0. The second-order valence-corrected chi connectivity index (χ2v) is 6.53. The molecule has 0 aliphatic carbocycles. The van der Waals surface area contributed by atoms with Gasteiger partial charge in [0.15, 0.2) is 5.16 Å². The van der Waals surface area contributed by atoms with Gasteiger partial charge < -0.3 is 9.67 Å². The third kappa shape index (κ3) is 3.35. The number of carbonyl (C=O) groups is 1. The van der Waals surface area contributed by atoms with Crippen LogP contribution in [0.3, 0.4) is 0 Å². The van der Waals surface area contributed by atoms with Crippen molar-refractivity contribution in [2.45, 2.75) is 38.4 Å². The third-order valence-corrected chi connectivity index (χ3v) is 5.07. The predicted octanol–water partition coefficient (Wildman–Crippen LogP) is 4.47. The van der Waals surface area contributed by atoms with Crippen LogP contribution in [0, 0.1) is 5.92 Å². The maximum Gasteiger partial charge on any atom is 0.313 e. The molecule has 0 aliphatic rings. The summed E-state index contributed by atoms with van der Waals surface area (Å²) in [7, 11) is 0. The van der Waals surface area contributed by atoms with Crippen LogP contribution in [0.1, 0.15) is 33.2 Å². The number of carboxylic acid groups (broad SMARTS) is 1. The molecule has 0 fully saturated rings. The van der Waals surface area contributed by atoms with Gasteiger partial charge in [0.05, 0.1) is 21.8 Å². The molecule has 0 radical (unpaired) electrons. The van der Waals surface area contributed by atoms with Crippen molar-refractivity contribution >= 4 is 40.4 Å². The fourth-order valence-corrected chi connectivity index (χ4v) is 3.36. The Morgan fingerprint density at radius 2 is 2.19 bits per heavy atom. The van der Waals surface area contributed by atoms with Crippen LogP contribution < -0.4 is 0 Å². The van der Waals surface area contributed by atoms with E-state index in [1.54, 1.807) is 0 Å². The minimum absolute atomic E-state index is 0.00579. The van der Waals surface area contributed by atoms with Gasteiger partial charge in [-0.2, -0.15) is 0 Å². The molecule has 2 atom stereocenters. The van der Waals surface area contributed by atoms with Crippen molar-refractivity contribution in [3.63, 3.8) is 0 Å². The molecule has 1 heterocycles. The van der Waals surface area contributed by atoms with Crippen molar-refractivity contribution in [2.75, 3.05) is 5.75 Å². The largest absolute Gasteiger partial charge is 0.481 e. The zero-order valence-corrected chi connectivity index (χ0v) is 13.9. The van der Waals surface area contributed by atoms with Gasteiger partial charge in [0, 0.05) is 6.04 Å². The molecule has 0 amide bonds. The quantitative estimate of drug-likeness (QED) is 0.795. The molecule has 0 bridgehead atoms. The second kappa shape index (κ2) is 6.71. The summed E-state index contributed by atoms with van der Waals surface area (Å²) in [6.07, 6.45) is 1.04. The van der Waals surface area contributed by atoms with Crippen LogP contribution in [0.15, 0.2) is 23.4 Å². The first-order valence-corrected chi connectivity index (χ1v) is 8.33. The normalized spacial score (nSPS) is 14.3. The van der Waals surface area contributed by atoms with Crippen LogP contribution in [0.4, 0.5) is 0 Å². The maximum absolute atomic E-state index is 10.8. The van der Waals surface area contributed by atoms with E-state index in [2.05, 4.69) is 30.3 Å². The molecule has 0 aliphatic heterocycles. The zero-order chi connectivity index (χ0) is 15.6. The number of hydrogen-bond donors (Lipinski definition) is 1. The number of aromatic nitrogens is 2. The topological polar surface area (TPSA) is 55.1 Å². The second-order valence-electron chi connectivity index (χ2n) is 5.18. The number of thioether (sulfide) groups is 1. The van der Waals surface area contributed by atoms with E-state index < -0.39 is 5.97 Å². The monoisotopic (exact) mass is 326 g/mol. The van der Waals surface area contributed by atoms with Crippen LogP contribution in [-0.2, 0) is 4.79 Å². The van der Waals surface area contributed by atoms with Gasteiger partial charge in [0.25, 0.3) is 0 Å². The van der Waals surface area contributed by atoms with Gasteiger partial charge >= 0.3 is 5.97 Å². The Morgan fingerprint density at radius 3 is 2.81 bits per heavy atom. The number of fused-ring (bicyclic) bond motifs is 1. The molecule has 4 nitrogen and oxygen atoms in total. The van der Waals surface area contributed by atoms with Crippen molar-refractivity contribution in [3.8, 4) is 0 Å². The summed E-state index contributed by atoms with van der Waals surface area (Å²) in [6.45, 7) is 6.45. The maximum atomic E-state index is 10.8. The van der Waals surface area contributed by atoms with Crippen molar-refractivity contribution in [1.82, 2.24) is 9.55 Å². The van der Waals surface area contributed by atoms with Gasteiger partial charge in [-0.3, -0.25) is 4.79 Å². The van der Waals surface area contributed by atoms with Gasteiger partial charge in [-0.15, -0.1) is 0 Å². The number of hydrogen-bond acceptors (Lipinski definition) is 3. The van der Waals surface area contributed by atoms with Crippen LogP contribution >= 0.6 is 23.4 Å². The number of nitrogens with zero attached hydrogens (tertiary/aromatic N) is 2. The molecule has 2 rings (SSSR count). The van der Waals surface area contributed by atoms with E-state index in [1.165, 1.54) is 11.8 Å². The van der Waals surface area contributed by atoms with Gasteiger partial charge in [-0.25, -0.2) is 4.98 Å². The summed E-state index contributed by atoms with van der Waals surface area (Å²) < 4.78 is 2.08. The van der Waals surface area contributed by atoms with E-state index in [9.17, 15) is 4.79 Å². The Bertz CT molecular complexity index is 656. The molecule has 0 saturated carbocycles. The summed E-state index contributed by atoms with van der Waals surface area (Å²) in [4.78, 5) is 15.4. The Kier molecular flexibility index (Phi) is 5.17. The lowest BCUT2D eigenvalue weighted by Gasteiger charge is -2.23. The number of imidazole rings is 1. The summed E-state index contributed by atoms with van der Waals surface area (Å²) in [5.41, 5.74) is 1.70. The van der Waals surface area contributed by atoms with E-state index in [0.29, 0.717) is 16.1 Å². The summed E-state index contributed by atoms with van der Waals surface area (Å²) in [6, 6.07) is 5.82.